The minimum atomic E-state index is -4.45. The first-order valence-electron chi connectivity index (χ1n) is 9.45. The van der Waals surface area contributed by atoms with E-state index in [2.05, 4.69) is 20.3 Å². The summed E-state index contributed by atoms with van der Waals surface area (Å²) in [7, 11) is 0. The van der Waals surface area contributed by atoms with E-state index in [1.54, 1.807) is 30.5 Å². The highest BCUT2D eigenvalue weighted by molar-refractivity contribution is 5.84. The summed E-state index contributed by atoms with van der Waals surface area (Å²) in [6.45, 7) is 2.11. The first-order valence-corrected chi connectivity index (χ1v) is 9.45. The average Bonchev–Trinajstić information content (AvgIpc) is 3.10. The molecule has 0 atom stereocenters. The van der Waals surface area contributed by atoms with E-state index in [-0.39, 0.29) is 12.4 Å². The van der Waals surface area contributed by atoms with Crippen LogP contribution in [0, 0.1) is 12.7 Å². The maximum absolute atomic E-state index is 13.6. The standard InChI is InChI=1S/C22H18F4N4O/c1-13-19(31-9-7-14-2-5-20(29-11-14)22(24,25)26)6-8-27-21(13)30-15-3-4-16-17(23)12-28-18(16)10-15/h2-6,8,10-12,28H,7,9H2,1H3,(H,27,30). The molecule has 0 radical (unpaired) electrons. The summed E-state index contributed by atoms with van der Waals surface area (Å²) in [6.07, 6.45) is 0.0603. The first kappa shape index (κ1) is 20.6. The van der Waals surface area contributed by atoms with Gasteiger partial charge in [0.05, 0.1) is 12.1 Å². The molecule has 3 heterocycles. The quantitative estimate of drug-likeness (QED) is 0.380. The maximum Gasteiger partial charge on any atom is 0.433 e. The molecule has 0 aliphatic rings. The van der Waals surface area contributed by atoms with E-state index < -0.39 is 11.9 Å². The van der Waals surface area contributed by atoms with Crippen molar-refractivity contribution in [2.45, 2.75) is 19.5 Å². The lowest BCUT2D eigenvalue weighted by molar-refractivity contribution is -0.141. The molecule has 0 spiro atoms. The molecule has 0 aliphatic carbocycles. The number of rotatable bonds is 6. The van der Waals surface area contributed by atoms with Gasteiger partial charge in [0.2, 0.25) is 0 Å². The summed E-state index contributed by atoms with van der Waals surface area (Å²) in [4.78, 5) is 10.6. The van der Waals surface area contributed by atoms with Crippen molar-refractivity contribution in [2.24, 2.45) is 0 Å². The van der Waals surface area contributed by atoms with E-state index in [1.165, 1.54) is 18.5 Å². The highest BCUT2D eigenvalue weighted by atomic mass is 19.4. The van der Waals surface area contributed by atoms with Gasteiger partial charge in [-0.3, -0.25) is 4.98 Å². The molecule has 0 aliphatic heterocycles. The minimum Gasteiger partial charge on any atom is -0.493 e. The van der Waals surface area contributed by atoms with Crippen LogP contribution in [0.1, 0.15) is 16.8 Å². The van der Waals surface area contributed by atoms with Crippen molar-refractivity contribution in [3.8, 4) is 5.75 Å². The lowest BCUT2D eigenvalue weighted by atomic mass is 10.2. The zero-order valence-corrected chi connectivity index (χ0v) is 16.4. The zero-order chi connectivity index (χ0) is 22.0. The number of hydrogen-bond donors (Lipinski definition) is 2. The van der Waals surface area contributed by atoms with Crippen LogP contribution in [-0.4, -0.2) is 21.6 Å². The number of pyridine rings is 2. The molecular formula is C22H18F4N4O. The molecule has 4 rings (SSSR count). The van der Waals surface area contributed by atoms with E-state index in [1.807, 2.05) is 6.92 Å². The number of aromatic amines is 1. The monoisotopic (exact) mass is 430 g/mol. The van der Waals surface area contributed by atoms with Gasteiger partial charge in [0.25, 0.3) is 0 Å². The molecule has 0 fully saturated rings. The number of aromatic nitrogens is 3. The second-order valence-corrected chi connectivity index (χ2v) is 6.95. The summed E-state index contributed by atoms with van der Waals surface area (Å²) < 4.78 is 57.2. The maximum atomic E-state index is 13.6. The fraction of sp³-hybridized carbons (Fsp3) is 0.182. The Hall–Kier alpha value is -3.62. The molecule has 0 amide bonds. The van der Waals surface area contributed by atoms with Crippen LogP contribution < -0.4 is 10.1 Å². The number of nitrogens with one attached hydrogen (secondary N) is 2. The molecule has 31 heavy (non-hydrogen) atoms. The van der Waals surface area contributed by atoms with Gasteiger partial charge in [-0.1, -0.05) is 6.07 Å². The lowest BCUT2D eigenvalue weighted by Gasteiger charge is -2.13. The van der Waals surface area contributed by atoms with E-state index in [9.17, 15) is 17.6 Å². The van der Waals surface area contributed by atoms with Crippen LogP contribution in [0.2, 0.25) is 0 Å². The van der Waals surface area contributed by atoms with E-state index >= 15 is 0 Å². The molecule has 0 saturated carbocycles. The van der Waals surface area contributed by atoms with Gasteiger partial charge in [-0.2, -0.15) is 13.2 Å². The molecular weight excluding hydrogens is 412 g/mol. The molecule has 1 aromatic carbocycles. The second-order valence-electron chi connectivity index (χ2n) is 6.95. The largest absolute Gasteiger partial charge is 0.493 e. The van der Waals surface area contributed by atoms with Crippen LogP contribution in [0.5, 0.6) is 5.75 Å². The van der Waals surface area contributed by atoms with Gasteiger partial charge in [-0.25, -0.2) is 9.37 Å². The lowest BCUT2D eigenvalue weighted by Crippen LogP contribution is -2.09. The Morgan fingerprint density at radius 1 is 1.10 bits per heavy atom. The Morgan fingerprint density at radius 3 is 2.68 bits per heavy atom. The molecule has 0 unspecified atom stereocenters. The SMILES string of the molecule is Cc1c(OCCc2ccc(C(F)(F)F)nc2)ccnc1Nc1ccc2c(F)c[nH]c2c1. The number of nitrogens with zero attached hydrogens (tertiary/aromatic N) is 2. The molecule has 0 bridgehead atoms. The summed E-state index contributed by atoms with van der Waals surface area (Å²) >= 11 is 0. The summed E-state index contributed by atoms with van der Waals surface area (Å²) in [5, 5.41) is 3.70. The van der Waals surface area contributed by atoms with Gasteiger partial charge in [-0.15, -0.1) is 0 Å². The second kappa shape index (κ2) is 8.25. The average molecular weight is 430 g/mol. The van der Waals surface area contributed by atoms with Crippen LogP contribution in [0.15, 0.2) is 55.0 Å². The van der Waals surface area contributed by atoms with Gasteiger partial charge in [0.15, 0.2) is 0 Å². The van der Waals surface area contributed by atoms with Crippen LogP contribution in [0.3, 0.4) is 0 Å². The Bertz CT molecular complexity index is 1200. The number of alkyl halides is 3. The topological polar surface area (TPSA) is 62.8 Å². The van der Waals surface area contributed by atoms with Gasteiger partial charge in [0.1, 0.15) is 23.1 Å². The highest BCUT2D eigenvalue weighted by Crippen LogP contribution is 2.29. The molecule has 0 saturated heterocycles. The van der Waals surface area contributed by atoms with Gasteiger partial charge >= 0.3 is 6.18 Å². The number of halogens is 4. The Labute approximate surface area is 175 Å². The van der Waals surface area contributed by atoms with Gasteiger partial charge in [-0.05, 0) is 42.8 Å². The molecule has 9 heteroatoms. The minimum absolute atomic E-state index is 0.269. The molecule has 4 aromatic rings. The van der Waals surface area contributed by atoms with Gasteiger partial charge in [0, 0.05) is 41.6 Å². The van der Waals surface area contributed by atoms with Crippen molar-refractivity contribution in [1.82, 2.24) is 15.0 Å². The van der Waals surface area contributed by atoms with Crippen LogP contribution >= 0.6 is 0 Å². The van der Waals surface area contributed by atoms with E-state index in [0.29, 0.717) is 34.5 Å². The van der Waals surface area contributed by atoms with Gasteiger partial charge < -0.3 is 15.0 Å². The van der Waals surface area contributed by atoms with Crippen LogP contribution in [0.25, 0.3) is 10.9 Å². The fourth-order valence-electron chi connectivity index (χ4n) is 3.12. The third-order valence-corrected chi connectivity index (χ3v) is 4.81. The number of fused-ring (bicyclic) bond motifs is 1. The van der Waals surface area contributed by atoms with Crippen molar-refractivity contribution >= 4 is 22.4 Å². The van der Waals surface area contributed by atoms with Crippen molar-refractivity contribution < 1.29 is 22.3 Å². The van der Waals surface area contributed by atoms with Crippen LogP contribution in [-0.2, 0) is 12.6 Å². The highest BCUT2D eigenvalue weighted by Gasteiger charge is 2.31. The molecule has 2 N–H and O–H groups in total. The number of benzene rings is 1. The Balaban J connectivity index is 1.41. The Morgan fingerprint density at radius 2 is 1.94 bits per heavy atom. The number of H-pyrrole nitrogens is 1. The third kappa shape index (κ3) is 4.60. The predicted molar refractivity (Wildman–Crippen MR) is 109 cm³/mol. The van der Waals surface area contributed by atoms with Crippen molar-refractivity contribution in [1.29, 1.82) is 0 Å². The smallest absolute Gasteiger partial charge is 0.433 e. The molecule has 5 nitrogen and oxygen atoms in total. The number of anilines is 2. The number of ether oxygens (including phenoxy) is 1. The summed E-state index contributed by atoms with van der Waals surface area (Å²) in [5.74, 6) is 0.874. The third-order valence-electron chi connectivity index (χ3n) is 4.81. The van der Waals surface area contributed by atoms with Crippen molar-refractivity contribution in [3.63, 3.8) is 0 Å². The van der Waals surface area contributed by atoms with E-state index in [0.717, 1.165) is 17.3 Å². The summed E-state index contributed by atoms with van der Waals surface area (Å²) in [6, 6.07) is 9.29. The van der Waals surface area contributed by atoms with E-state index in [4.69, 9.17) is 4.74 Å². The van der Waals surface area contributed by atoms with Crippen molar-refractivity contribution in [3.05, 3.63) is 77.6 Å². The van der Waals surface area contributed by atoms with Crippen molar-refractivity contribution in [2.75, 3.05) is 11.9 Å². The first-order chi connectivity index (χ1) is 14.8. The predicted octanol–water partition coefficient (Wildman–Crippen LogP) is 5.79. The molecule has 3 aromatic heterocycles. The summed E-state index contributed by atoms with van der Waals surface area (Å²) in [5.41, 5.74) is 1.89. The fourth-order valence-corrected chi connectivity index (χ4v) is 3.12. The Kier molecular flexibility index (Phi) is 5.50. The normalized spacial score (nSPS) is 11.6. The zero-order valence-electron chi connectivity index (χ0n) is 16.4. The van der Waals surface area contributed by atoms with Crippen LogP contribution in [0.4, 0.5) is 29.1 Å². The molecule has 160 valence electrons. The number of hydrogen-bond acceptors (Lipinski definition) is 4.